The summed E-state index contributed by atoms with van der Waals surface area (Å²) in [5, 5.41) is 8.91. The molecule has 0 heterocycles. The minimum absolute atomic E-state index is 0.688. The zero-order chi connectivity index (χ0) is 18.0. The van der Waals surface area contributed by atoms with Crippen molar-refractivity contribution in [1.82, 2.24) is 0 Å². The van der Waals surface area contributed by atoms with Gasteiger partial charge in [0.15, 0.2) is 0 Å². The van der Waals surface area contributed by atoms with Gasteiger partial charge in [-0.1, -0.05) is 36.4 Å². The molecule has 0 saturated carbocycles. The third kappa shape index (κ3) is 3.41. The Kier molecular flexibility index (Phi) is 4.59. The van der Waals surface area contributed by atoms with Crippen LogP contribution in [0.4, 0.5) is 5.69 Å². The van der Waals surface area contributed by atoms with Crippen LogP contribution in [-0.2, 0) is 0 Å². The topological polar surface area (TPSA) is 27.0 Å². The molecule has 0 saturated heterocycles. The van der Waals surface area contributed by atoms with E-state index in [0.717, 1.165) is 11.1 Å². The van der Waals surface area contributed by atoms with Gasteiger partial charge >= 0.3 is 0 Å². The summed E-state index contributed by atoms with van der Waals surface area (Å²) < 4.78 is 0. The molecule has 0 amide bonds. The summed E-state index contributed by atoms with van der Waals surface area (Å²) in [6.07, 6.45) is 0. The Morgan fingerprint density at radius 3 is 1.60 bits per heavy atom. The number of aryl methyl sites for hydroxylation is 2. The molecular weight excluding hydrogens is 304 g/mol. The number of rotatable bonds is 3. The Labute approximate surface area is 150 Å². The highest BCUT2D eigenvalue weighted by molar-refractivity contribution is 5.76. The van der Waals surface area contributed by atoms with Crippen LogP contribution in [0.3, 0.4) is 0 Å². The molecule has 0 radical (unpaired) electrons. The maximum absolute atomic E-state index is 8.91. The number of anilines is 1. The Hall–Kier alpha value is -3.05. The summed E-state index contributed by atoms with van der Waals surface area (Å²) in [7, 11) is 4.14. The van der Waals surface area contributed by atoms with Gasteiger partial charge < -0.3 is 4.90 Å². The molecule has 0 aliphatic rings. The van der Waals surface area contributed by atoms with E-state index in [4.69, 9.17) is 5.26 Å². The van der Waals surface area contributed by atoms with E-state index in [1.165, 1.54) is 27.9 Å². The highest BCUT2D eigenvalue weighted by atomic mass is 15.1. The molecule has 0 unspecified atom stereocenters. The summed E-state index contributed by atoms with van der Waals surface area (Å²) in [5.41, 5.74) is 9.32. The SMILES string of the molecule is Cc1cc(N(C)C)cc(C)c1-c1ccc(-c2ccc(C#N)cc2)cc1. The Morgan fingerprint density at radius 1 is 0.720 bits per heavy atom. The predicted octanol–water partition coefficient (Wildman–Crippen LogP) is 5.58. The molecule has 0 aliphatic heterocycles. The van der Waals surface area contributed by atoms with Gasteiger partial charge in [0, 0.05) is 19.8 Å². The molecular formula is C23H22N2. The van der Waals surface area contributed by atoms with Crippen LogP contribution >= 0.6 is 0 Å². The third-order valence-electron chi connectivity index (χ3n) is 4.55. The molecule has 2 nitrogen and oxygen atoms in total. The van der Waals surface area contributed by atoms with Crippen LogP contribution in [0.2, 0.25) is 0 Å². The van der Waals surface area contributed by atoms with Gasteiger partial charge in [0.05, 0.1) is 11.6 Å². The summed E-state index contributed by atoms with van der Waals surface area (Å²) in [6, 6.07) is 23.0. The van der Waals surface area contributed by atoms with Gasteiger partial charge in [0.25, 0.3) is 0 Å². The van der Waals surface area contributed by atoms with Crippen LogP contribution in [-0.4, -0.2) is 14.1 Å². The van der Waals surface area contributed by atoms with Gasteiger partial charge in [-0.3, -0.25) is 0 Å². The summed E-state index contributed by atoms with van der Waals surface area (Å²) in [6.45, 7) is 4.34. The zero-order valence-corrected chi connectivity index (χ0v) is 15.2. The highest BCUT2D eigenvalue weighted by Gasteiger charge is 2.09. The smallest absolute Gasteiger partial charge is 0.0991 e. The van der Waals surface area contributed by atoms with Crippen molar-refractivity contribution in [2.45, 2.75) is 13.8 Å². The van der Waals surface area contributed by atoms with Crippen molar-refractivity contribution >= 4 is 5.69 Å². The monoisotopic (exact) mass is 326 g/mol. The number of hydrogen-bond acceptors (Lipinski definition) is 2. The van der Waals surface area contributed by atoms with Crippen molar-refractivity contribution in [2.24, 2.45) is 0 Å². The zero-order valence-electron chi connectivity index (χ0n) is 15.2. The van der Waals surface area contributed by atoms with Gasteiger partial charge in [-0.25, -0.2) is 0 Å². The maximum Gasteiger partial charge on any atom is 0.0991 e. The summed E-state index contributed by atoms with van der Waals surface area (Å²) in [4.78, 5) is 2.14. The summed E-state index contributed by atoms with van der Waals surface area (Å²) >= 11 is 0. The minimum atomic E-state index is 0.688. The van der Waals surface area contributed by atoms with Crippen molar-refractivity contribution in [3.63, 3.8) is 0 Å². The quantitative estimate of drug-likeness (QED) is 0.628. The average Bonchev–Trinajstić information content (AvgIpc) is 2.61. The third-order valence-corrected chi connectivity index (χ3v) is 4.55. The minimum Gasteiger partial charge on any atom is -0.378 e. The first kappa shape index (κ1) is 16.8. The van der Waals surface area contributed by atoms with Crippen molar-refractivity contribution < 1.29 is 0 Å². The predicted molar refractivity (Wildman–Crippen MR) is 106 cm³/mol. The Bertz CT molecular complexity index is 904. The molecule has 124 valence electrons. The first-order chi connectivity index (χ1) is 12.0. The lowest BCUT2D eigenvalue weighted by Gasteiger charge is -2.18. The highest BCUT2D eigenvalue weighted by Crippen LogP contribution is 2.32. The van der Waals surface area contributed by atoms with Crippen LogP contribution in [0, 0.1) is 25.2 Å². The van der Waals surface area contributed by atoms with E-state index in [9.17, 15) is 0 Å². The number of nitrogens with zero attached hydrogens (tertiary/aromatic N) is 2. The van der Waals surface area contributed by atoms with Gasteiger partial charge in [-0.2, -0.15) is 5.26 Å². The Balaban J connectivity index is 1.96. The molecule has 3 aromatic carbocycles. The molecule has 0 N–H and O–H groups in total. The number of hydrogen-bond donors (Lipinski definition) is 0. The van der Waals surface area contributed by atoms with Crippen molar-refractivity contribution in [3.8, 4) is 28.3 Å². The second kappa shape index (κ2) is 6.83. The first-order valence-electron chi connectivity index (χ1n) is 8.39. The fourth-order valence-corrected chi connectivity index (χ4v) is 3.22. The van der Waals surface area contributed by atoms with Gasteiger partial charge in [0.2, 0.25) is 0 Å². The van der Waals surface area contributed by atoms with E-state index in [1.807, 2.05) is 24.3 Å². The molecule has 0 fully saturated rings. The fraction of sp³-hybridized carbons (Fsp3) is 0.174. The molecule has 0 atom stereocenters. The van der Waals surface area contributed by atoms with Crippen molar-refractivity contribution in [3.05, 3.63) is 77.4 Å². The first-order valence-corrected chi connectivity index (χ1v) is 8.39. The lowest BCUT2D eigenvalue weighted by Crippen LogP contribution is -2.09. The van der Waals surface area contributed by atoms with Crippen LogP contribution in [0.1, 0.15) is 16.7 Å². The molecule has 3 rings (SSSR count). The molecule has 0 aromatic heterocycles. The maximum atomic E-state index is 8.91. The number of benzene rings is 3. The van der Waals surface area contributed by atoms with Crippen LogP contribution < -0.4 is 4.90 Å². The van der Waals surface area contributed by atoms with Crippen LogP contribution in [0.5, 0.6) is 0 Å². The van der Waals surface area contributed by atoms with Crippen LogP contribution in [0.25, 0.3) is 22.3 Å². The van der Waals surface area contributed by atoms with Crippen molar-refractivity contribution in [1.29, 1.82) is 5.26 Å². The van der Waals surface area contributed by atoms with Gasteiger partial charge in [-0.15, -0.1) is 0 Å². The lowest BCUT2D eigenvalue weighted by atomic mass is 9.93. The number of nitriles is 1. The van der Waals surface area contributed by atoms with Gasteiger partial charge in [-0.05, 0) is 71.5 Å². The van der Waals surface area contributed by atoms with E-state index in [1.54, 1.807) is 0 Å². The average molecular weight is 326 g/mol. The molecule has 0 spiro atoms. The Morgan fingerprint density at radius 2 is 1.16 bits per heavy atom. The molecule has 25 heavy (non-hydrogen) atoms. The largest absolute Gasteiger partial charge is 0.378 e. The second-order valence-electron chi connectivity index (χ2n) is 6.62. The molecule has 0 bridgehead atoms. The van der Waals surface area contributed by atoms with E-state index in [2.05, 4.69) is 75.3 Å². The van der Waals surface area contributed by atoms with E-state index in [0.29, 0.717) is 5.56 Å². The second-order valence-corrected chi connectivity index (χ2v) is 6.62. The van der Waals surface area contributed by atoms with Crippen LogP contribution in [0.15, 0.2) is 60.7 Å². The molecule has 3 aromatic rings. The summed E-state index contributed by atoms with van der Waals surface area (Å²) in [5.74, 6) is 0. The normalized spacial score (nSPS) is 10.4. The molecule has 2 heteroatoms. The lowest BCUT2D eigenvalue weighted by molar-refractivity contribution is 1.12. The molecule has 0 aliphatic carbocycles. The van der Waals surface area contributed by atoms with E-state index in [-0.39, 0.29) is 0 Å². The standard InChI is InChI=1S/C23H22N2/c1-16-13-22(25(3)4)14-17(2)23(16)21-11-9-20(10-12-21)19-7-5-18(15-24)6-8-19/h5-14H,1-4H3. The van der Waals surface area contributed by atoms with E-state index >= 15 is 0 Å². The van der Waals surface area contributed by atoms with Gasteiger partial charge in [0.1, 0.15) is 0 Å². The van der Waals surface area contributed by atoms with Crippen molar-refractivity contribution in [2.75, 3.05) is 19.0 Å². The fourth-order valence-electron chi connectivity index (χ4n) is 3.22. The van der Waals surface area contributed by atoms with E-state index < -0.39 is 0 Å².